The van der Waals surface area contributed by atoms with E-state index in [2.05, 4.69) is 0 Å². The Morgan fingerprint density at radius 1 is 1.43 bits per heavy atom. The van der Waals surface area contributed by atoms with Crippen LogP contribution in [0, 0.1) is 10.1 Å². The number of nitro groups is 1. The minimum Gasteiger partial charge on any atom is -0.502 e. The van der Waals surface area contributed by atoms with Crippen LogP contribution in [0.3, 0.4) is 0 Å². The highest BCUT2D eigenvalue weighted by Crippen LogP contribution is 2.36. The molecule has 14 heavy (non-hydrogen) atoms. The van der Waals surface area contributed by atoms with Gasteiger partial charge in [0.2, 0.25) is 0 Å². The highest BCUT2D eigenvalue weighted by atomic mass is 32.1. The summed E-state index contributed by atoms with van der Waals surface area (Å²) in [6.07, 6.45) is 0. The second-order valence-electron chi connectivity index (χ2n) is 2.78. The van der Waals surface area contributed by atoms with Crippen molar-refractivity contribution in [2.45, 2.75) is 0 Å². The summed E-state index contributed by atoms with van der Waals surface area (Å²) in [6, 6.07) is 4.34. The Bertz CT molecular complexity index is 521. The van der Waals surface area contributed by atoms with E-state index in [9.17, 15) is 15.2 Å². The lowest BCUT2D eigenvalue weighted by atomic mass is 10.2. The van der Waals surface area contributed by atoms with Crippen LogP contribution in [-0.2, 0) is 0 Å². The van der Waals surface area contributed by atoms with Crippen LogP contribution >= 0.6 is 11.3 Å². The summed E-state index contributed by atoms with van der Waals surface area (Å²) in [7, 11) is 0. The van der Waals surface area contributed by atoms with Gasteiger partial charge >= 0.3 is 5.69 Å². The molecule has 1 heterocycles. The van der Waals surface area contributed by atoms with Gasteiger partial charge in [0.05, 0.1) is 9.92 Å². The molecule has 0 saturated heterocycles. The van der Waals surface area contributed by atoms with Crippen molar-refractivity contribution in [3.05, 3.63) is 28.3 Å². The summed E-state index contributed by atoms with van der Waals surface area (Å²) in [6.45, 7) is 0. The molecule has 6 heteroatoms. The minimum absolute atomic E-state index is 0.292. The first-order valence-electron chi connectivity index (χ1n) is 3.74. The first-order valence-corrected chi connectivity index (χ1v) is 4.56. The van der Waals surface area contributed by atoms with E-state index >= 15 is 0 Å². The summed E-state index contributed by atoms with van der Waals surface area (Å²) < 4.78 is 0.701. The molecule has 0 aliphatic rings. The molecule has 2 aromatic rings. The molecule has 0 amide bonds. The molecule has 0 radical (unpaired) electrons. The topological polar surface area (TPSA) is 89.4 Å². The Balaban J connectivity index is 2.76. The predicted octanol–water partition coefficient (Wildman–Crippen LogP) is 2.10. The Morgan fingerprint density at radius 3 is 2.79 bits per heavy atom. The molecule has 0 aliphatic carbocycles. The van der Waals surface area contributed by atoms with Crippen molar-refractivity contribution >= 4 is 32.1 Å². The van der Waals surface area contributed by atoms with Crippen LogP contribution in [-0.4, -0.2) is 10.0 Å². The Kier molecular flexibility index (Phi) is 1.78. The quantitative estimate of drug-likeness (QED) is 0.557. The van der Waals surface area contributed by atoms with Crippen LogP contribution in [0.25, 0.3) is 10.1 Å². The molecule has 0 atom stereocenters. The molecular weight excluding hydrogens is 204 g/mol. The van der Waals surface area contributed by atoms with Crippen LogP contribution in [0.4, 0.5) is 10.7 Å². The number of rotatable bonds is 1. The second kappa shape index (κ2) is 2.85. The van der Waals surface area contributed by atoms with Gasteiger partial charge < -0.3 is 10.8 Å². The zero-order valence-corrected chi connectivity index (χ0v) is 7.75. The maximum Gasteiger partial charge on any atom is 0.312 e. The number of nitro benzene ring substituents is 1. The molecule has 0 fully saturated rings. The van der Waals surface area contributed by atoms with Crippen LogP contribution in [0.15, 0.2) is 18.2 Å². The van der Waals surface area contributed by atoms with Gasteiger partial charge in [-0.3, -0.25) is 10.1 Å². The van der Waals surface area contributed by atoms with Gasteiger partial charge in [-0.1, -0.05) is 0 Å². The van der Waals surface area contributed by atoms with Gasteiger partial charge in [-0.25, -0.2) is 0 Å². The van der Waals surface area contributed by atoms with Crippen LogP contribution in [0.5, 0.6) is 5.75 Å². The van der Waals surface area contributed by atoms with E-state index in [1.165, 1.54) is 23.5 Å². The zero-order valence-electron chi connectivity index (χ0n) is 6.93. The lowest BCUT2D eigenvalue weighted by Gasteiger charge is -1.95. The number of fused-ring (bicyclic) bond motifs is 1. The third kappa shape index (κ3) is 1.25. The molecule has 0 unspecified atom stereocenters. The second-order valence-corrected chi connectivity index (χ2v) is 3.90. The third-order valence-corrected chi connectivity index (χ3v) is 2.76. The van der Waals surface area contributed by atoms with Gasteiger partial charge in [-0.2, -0.15) is 0 Å². The van der Waals surface area contributed by atoms with E-state index in [1.807, 2.05) is 0 Å². The molecule has 72 valence electrons. The Morgan fingerprint density at radius 2 is 2.14 bits per heavy atom. The molecule has 0 bridgehead atoms. The van der Waals surface area contributed by atoms with E-state index in [0.29, 0.717) is 9.70 Å². The average Bonchev–Trinajstić information content (AvgIpc) is 2.42. The molecular formula is C8H6N2O3S. The first kappa shape index (κ1) is 8.76. The fourth-order valence-corrected chi connectivity index (χ4v) is 2.08. The van der Waals surface area contributed by atoms with Crippen LogP contribution in [0.2, 0.25) is 0 Å². The van der Waals surface area contributed by atoms with Gasteiger partial charge in [-0.15, -0.1) is 11.3 Å². The maximum absolute atomic E-state index is 10.5. The van der Waals surface area contributed by atoms with Crippen LogP contribution < -0.4 is 5.73 Å². The van der Waals surface area contributed by atoms with Crippen molar-refractivity contribution in [1.82, 2.24) is 0 Å². The number of thiophene rings is 1. The number of phenolic OH excluding ortho intramolecular Hbond substituents is 1. The molecule has 0 saturated carbocycles. The Hall–Kier alpha value is -1.82. The number of anilines is 1. The normalized spacial score (nSPS) is 10.6. The standard InChI is InChI=1S/C8H6N2O3S/c9-8-2-4-1-6(11)5(10(12)13)3-7(4)14-8/h1-3,11H,9H2. The number of hydrogen-bond acceptors (Lipinski definition) is 5. The number of nitrogens with two attached hydrogens (primary N) is 1. The van der Waals surface area contributed by atoms with E-state index in [4.69, 9.17) is 5.73 Å². The van der Waals surface area contributed by atoms with Crippen molar-refractivity contribution in [1.29, 1.82) is 0 Å². The van der Waals surface area contributed by atoms with Crippen LogP contribution in [0.1, 0.15) is 0 Å². The summed E-state index contributed by atoms with van der Waals surface area (Å²) in [5, 5.41) is 21.1. The SMILES string of the molecule is Nc1cc2cc(O)c([N+](=O)[O-])cc2s1. The molecule has 1 aromatic heterocycles. The summed E-state index contributed by atoms with van der Waals surface area (Å²) in [5.41, 5.74) is 5.24. The largest absolute Gasteiger partial charge is 0.502 e. The van der Waals surface area contributed by atoms with Crippen molar-refractivity contribution in [2.75, 3.05) is 5.73 Å². The summed E-state index contributed by atoms with van der Waals surface area (Å²) in [4.78, 5) is 9.87. The van der Waals surface area contributed by atoms with Crippen molar-refractivity contribution in [3.63, 3.8) is 0 Å². The number of benzene rings is 1. The lowest BCUT2D eigenvalue weighted by Crippen LogP contribution is -1.87. The monoisotopic (exact) mass is 210 g/mol. The van der Waals surface area contributed by atoms with E-state index in [-0.39, 0.29) is 11.4 Å². The van der Waals surface area contributed by atoms with Crippen molar-refractivity contribution < 1.29 is 10.0 Å². The number of hydrogen-bond donors (Lipinski definition) is 2. The fourth-order valence-electron chi connectivity index (χ4n) is 1.23. The fraction of sp³-hybridized carbons (Fsp3) is 0. The number of aromatic hydroxyl groups is 1. The van der Waals surface area contributed by atoms with Gasteiger partial charge in [0.15, 0.2) is 5.75 Å². The smallest absolute Gasteiger partial charge is 0.312 e. The summed E-state index contributed by atoms with van der Waals surface area (Å²) >= 11 is 1.25. The molecule has 1 aromatic carbocycles. The summed E-state index contributed by atoms with van der Waals surface area (Å²) in [5.74, 6) is -0.333. The predicted molar refractivity (Wildman–Crippen MR) is 54.6 cm³/mol. The molecule has 5 nitrogen and oxygen atoms in total. The maximum atomic E-state index is 10.5. The van der Waals surface area contributed by atoms with Crippen molar-refractivity contribution in [3.8, 4) is 5.75 Å². The van der Waals surface area contributed by atoms with Gasteiger partial charge in [0, 0.05) is 10.8 Å². The zero-order chi connectivity index (χ0) is 10.3. The third-order valence-electron chi connectivity index (χ3n) is 1.83. The van der Waals surface area contributed by atoms with E-state index < -0.39 is 4.92 Å². The van der Waals surface area contributed by atoms with Crippen molar-refractivity contribution in [2.24, 2.45) is 0 Å². The Labute approximate surface area is 82.5 Å². The lowest BCUT2D eigenvalue weighted by molar-refractivity contribution is -0.385. The van der Waals surface area contributed by atoms with Gasteiger partial charge in [0.1, 0.15) is 0 Å². The van der Waals surface area contributed by atoms with Gasteiger partial charge in [-0.05, 0) is 17.5 Å². The van der Waals surface area contributed by atoms with E-state index in [0.717, 1.165) is 5.39 Å². The molecule has 2 rings (SSSR count). The highest BCUT2D eigenvalue weighted by molar-refractivity contribution is 7.22. The first-order chi connectivity index (χ1) is 6.58. The number of nitrogens with zero attached hydrogens (tertiary/aromatic N) is 1. The number of phenols is 1. The highest BCUT2D eigenvalue weighted by Gasteiger charge is 2.15. The number of nitrogen functional groups attached to an aromatic ring is 1. The molecule has 0 aliphatic heterocycles. The minimum atomic E-state index is -0.620. The van der Waals surface area contributed by atoms with E-state index in [1.54, 1.807) is 6.07 Å². The molecule has 0 spiro atoms. The average molecular weight is 210 g/mol. The van der Waals surface area contributed by atoms with Gasteiger partial charge in [0.25, 0.3) is 0 Å². The molecule has 3 N–H and O–H groups in total.